The van der Waals surface area contributed by atoms with Gasteiger partial charge in [0.1, 0.15) is 5.82 Å². The summed E-state index contributed by atoms with van der Waals surface area (Å²) in [7, 11) is 1.56. The maximum absolute atomic E-state index is 12.6. The molecule has 9 heteroatoms. The predicted octanol–water partition coefficient (Wildman–Crippen LogP) is 1.93. The van der Waals surface area contributed by atoms with Crippen LogP contribution in [-0.4, -0.2) is 34.9 Å². The highest BCUT2D eigenvalue weighted by molar-refractivity contribution is 7.80. The number of hydrogen-bond acceptors (Lipinski definition) is 5. The van der Waals surface area contributed by atoms with Gasteiger partial charge in [0.2, 0.25) is 0 Å². The van der Waals surface area contributed by atoms with E-state index in [4.69, 9.17) is 22.7 Å². The van der Waals surface area contributed by atoms with Crippen LogP contribution in [0.15, 0.2) is 33.9 Å². The lowest BCUT2D eigenvalue weighted by atomic mass is 10.2. The Kier molecular flexibility index (Phi) is 7.36. The molecule has 0 aliphatic heterocycles. The van der Waals surface area contributed by atoms with Crippen molar-refractivity contribution < 1.29 is 4.74 Å². The van der Waals surface area contributed by atoms with Crippen LogP contribution in [0.1, 0.15) is 19.4 Å². The zero-order valence-corrected chi connectivity index (χ0v) is 17.4. The van der Waals surface area contributed by atoms with Crippen LogP contribution in [-0.2, 0) is 11.3 Å². The van der Waals surface area contributed by atoms with Crippen LogP contribution in [0.25, 0.3) is 0 Å². The number of anilines is 3. The second kappa shape index (κ2) is 9.52. The van der Waals surface area contributed by atoms with Crippen molar-refractivity contribution in [3.8, 4) is 0 Å². The van der Waals surface area contributed by atoms with E-state index in [9.17, 15) is 9.59 Å². The fourth-order valence-electron chi connectivity index (χ4n) is 2.80. The summed E-state index contributed by atoms with van der Waals surface area (Å²) >= 11 is 5.54. The van der Waals surface area contributed by atoms with E-state index in [0.29, 0.717) is 19.7 Å². The number of nitrogens with one attached hydrogen (secondary N) is 2. The van der Waals surface area contributed by atoms with E-state index < -0.39 is 11.2 Å². The second-order valence-electron chi connectivity index (χ2n) is 6.94. The molecule has 0 aliphatic carbocycles. The smallest absolute Gasteiger partial charge is 0.330 e. The summed E-state index contributed by atoms with van der Waals surface area (Å²) in [5.41, 5.74) is 7.09. The lowest BCUT2D eigenvalue weighted by Gasteiger charge is -2.27. The van der Waals surface area contributed by atoms with E-state index in [0.717, 1.165) is 11.3 Å². The molecule has 4 N–H and O–H groups in total. The predicted molar refractivity (Wildman–Crippen MR) is 117 cm³/mol. The highest BCUT2D eigenvalue weighted by Gasteiger charge is 2.22. The van der Waals surface area contributed by atoms with Gasteiger partial charge in [0.25, 0.3) is 5.56 Å². The summed E-state index contributed by atoms with van der Waals surface area (Å²) in [5, 5.41) is 3.41. The number of aromatic amines is 1. The highest BCUT2D eigenvalue weighted by atomic mass is 32.1. The quantitative estimate of drug-likeness (QED) is 0.605. The van der Waals surface area contributed by atoms with Crippen molar-refractivity contribution in [1.29, 1.82) is 0 Å². The summed E-state index contributed by atoms with van der Waals surface area (Å²) < 4.78 is 6.52. The summed E-state index contributed by atoms with van der Waals surface area (Å²) in [6.07, 6.45) is 0. The Morgan fingerprint density at radius 2 is 2.11 bits per heavy atom. The van der Waals surface area contributed by atoms with Crippen LogP contribution in [0.4, 0.5) is 17.2 Å². The Labute approximate surface area is 169 Å². The van der Waals surface area contributed by atoms with Crippen molar-refractivity contribution in [3.63, 3.8) is 0 Å². The molecule has 0 saturated carbocycles. The number of methoxy groups -OCH3 is 1. The van der Waals surface area contributed by atoms with E-state index in [1.165, 1.54) is 4.57 Å². The normalized spacial score (nSPS) is 10.9. The standard InChI is InChI=1S/C19H27N5O3S/c1-12(2)11-24-16(20)15(17(25)22-18(24)26)23(8-9-27-4)19(28)21-14-7-5-6-13(3)10-14/h5-7,10,12H,8-9,11,20H2,1-4H3,(H,21,28)(H,22,25,26). The molecular weight excluding hydrogens is 378 g/mol. The molecule has 1 heterocycles. The molecule has 1 aromatic carbocycles. The van der Waals surface area contributed by atoms with Crippen LogP contribution in [0, 0.1) is 12.8 Å². The number of benzene rings is 1. The number of H-pyrrole nitrogens is 1. The van der Waals surface area contributed by atoms with Gasteiger partial charge in [0.05, 0.1) is 6.61 Å². The maximum Gasteiger partial charge on any atom is 0.330 e. The molecule has 0 spiro atoms. The Morgan fingerprint density at radius 1 is 1.39 bits per heavy atom. The number of aryl methyl sites for hydroxylation is 1. The van der Waals surface area contributed by atoms with Crippen molar-refractivity contribution in [2.75, 3.05) is 36.2 Å². The Morgan fingerprint density at radius 3 is 2.71 bits per heavy atom. The van der Waals surface area contributed by atoms with Crippen LogP contribution < -0.4 is 27.2 Å². The third-order valence-corrected chi connectivity index (χ3v) is 4.39. The summed E-state index contributed by atoms with van der Waals surface area (Å²) in [5.74, 6) is 0.246. The molecule has 0 amide bonds. The number of rotatable bonds is 7. The molecule has 0 aliphatic rings. The largest absolute Gasteiger partial charge is 0.383 e. The van der Waals surface area contributed by atoms with Gasteiger partial charge in [-0.3, -0.25) is 14.3 Å². The summed E-state index contributed by atoms with van der Waals surface area (Å²) in [6, 6.07) is 7.69. The minimum absolute atomic E-state index is 0.0759. The van der Waals surface area contributed by atoms with Gasteiger partial charge in [0.15, 0.2) is 10.8 Å². The van der Waals surface area contributed by atoms with Crippen molar-refractivity contribution in [3.05, 3.63) is 50.7 Å². The number of aromatic nitrogens is 2. The number of hydrogen-bond donors (Lipinski definition) is 3. The summed E-state index contributed by atoms with van der Waals surface area (Å²) in [4.78, 5) is 28.7. The van der Waals surface area contributed by atoms with Gasteiger partial charge >= 0.3 is 5.69 Å². The molecule has 0 atom stereocenters. The Balaban J connectivity index is 2.48. The fraction of sp³-hybridized carbons (Fsp3) is 0.421. The molecule has 0 bridgehead atoms. The second-order valence-corrected chi connectivity index (χ2v) is 7.33. The molecule has 0 fully saturated rings. The molecule has 2 rings (SSSR count). The first-order chi connectivity index (χ1) is 13.2. The van der Waals surface area contributed by atoms with Crippen LogP contribution >= 0.6 is 12.2 Å². The van der Waals surface area contributed by atoms with Crippen LogP contribution in [0.2, 0.25) is 0 Å². The van der Waals surface area contributed by atoms with Gasteiger partial charge in [-0.2, -0.15) is 0 Å². The third-order valence-electron chi connectivity index (χ3n) is 4.07. The van der Waals surface area contributed by atoms with Crippen molar-refractivity contribution in [2.24, 2.45) is 5.92 Å². The van der Waals surface area contributed by atoms with E-state index in [2.05, 4.69) is 10.3 Å². The average molecular weight is 406 g/mol. The Bertz CT molecular complexity index is 951. The molecule has 0 unspecified atom stereocenters. The number of nitrogens with zero attached hydrogens (tertiary/aromatic N) is 2. The number of nitrogen functional groups attached to an aromatic ring is 1. The van der Waals surface area contributed by atoms with Gasteiger partial charge in [-0.15, -0.1) is 0 Å². The summed E-state index contributed by atoms with van der Waals surface area (Å²) in [6.45, 7) is 6.89. The Hall–Kier alpha value is -2.65. The van der Waals surface area contributed by atoms with Crippen molar-refractivity contribution in [2.45, 2.75) is 27.3 Å². The first kappa shape index (κ1) is 21.6. The number of nitrogens with two attached hydrogens (primary N) is 1. The fourth-order valence-corrected chi connectivity index (χ4v) is 3.10. The maximum atomic E-state index is 12.6. The van der Waals surface area contributed by atoms with Gasteiger partial charge in [-0.05, 0) is 42.8 Å². The molecule has 0 radical (unpaired) electrons. The lowest BCUT2D eigenvalue weighted by Crippen LogP contribution is -2.44. The molecule has 152 valence electrons. The third kappa shape index (κ3) is 5.20. The average Bonchev–Trinajstić information content (AvgIpc) is 2.61. The molecule has 1 aromatic heterocycles. The van der Waals surface area contributed by atoms with Gasteiger partial charge in [-0.25, -0.2) is 4.79 Å². The minimum Gasteiger partial charge on any atom is -0.383 e. The van der Waals surface area contributed by atoms with Crippen molar-refractivity contribution >= 4 is 34.5 Å². The van der Waals surface area contributed by atoms with E-state index in [1.54, 1.807) is 12.0 Å². The topological polar surface area (TPSA) is 105 Å². The lowest BCUT2D eigenvalue weighted by molar-refractivity contribution is 0.208. The van der Waals surface area contributed by atoms with Gasteiger partial charge in [-0.1, -0.05) is 26.0 Å². The van der Waals surface area contributed by atoms with E-state index >= 15 is 0 Å². The van der Waals surface area contributed by atoms with E-state index in [1.807, 2.05) is 45.0 Å². The molecule has 8 nitrogen and oxygen atoms in total. The zero-order chi connectivity index (χ0) is 20.8. The molecule has 28 heavy (non-hydrogen) atoms. The van der Waals surface area contributed by atoms with Gasteiger partial charge in [0, 0.05) is 25.9 Å². The first-order valence-electron chi connectivity index (χ1n) is 9.01. The number of ether oxygens (including phenoxy) is 1. The van der Waals surface area contributed by atoms with Crippen LogP contribution in [0.5, 0.6) is 0 Å². The van der Waals surface area contributed by atoms with Gasteiger partial charge < -0.3 is 20.7 Å². The number of thiocarbonyl (C=S) groups is 1. The SMILES string of the molecule is COCCN(C(=S)Nc1cccc(C)c1)c1c(N)n(CC(C)C)c(=O)[nH]c1=O. The minimum atomic E-state index is -0.591. The molecular formula is C19H27N5O3S. The zero-order valence-electron chi connectivity index (χ0n) is 16.6. The van der Waals surface area contributed by atoms with E-state index in [-0.39, 0.29) is 22.5 Å². The first-order valence-corrected chi connectivity index (χ1v) is 9.42. The monoisotopic (exact) mass is 405 g/mol. The molecule has 2 aromatic rings. The van der Waals surface area contributed by atoms with Crippen LogP contribution in [0.3, 0.4) is 0 Å². The van der Waals surface area contributed by atoms with Crippen molar-refractivity contribution in [1.82, 2.24) is 9.55 Å². The highest BCUT2D eigenvalue weighted by Crippen LogP contribution is 2.19. The molecule has 0 saturated heterocycles.